The molecule has 0 radical (unpaired) electrons. The maximum absolute atomic E-state index is 12.3. The van der Waals surface area contributed by atoms with Crippen LogP contribution in [0.3, 0.4) is 0 Å². The third-order valence-corrected chi connectivity index (χ3v) is 4.81. The molecule has 2 rings (SSSR count). The van der Waals surface area contributed by atoms with Crippen LogP contribution in [-0.4, -0.2) is 29.6 Å². The van der Waals surface area contributed by atoms with Gasteiger partial charge in [0, 0.05) is 6.54 Å². The van der Waals surface area contributed by atoms with Crippen LogP contribution in [0.15, 0.2) is 0 Å². The number of hydrogen-bond acceptors (Lipinski definition) is 2. The van der Waals surface area contributed by atoms with E-state index in [2.05, 4.69) is 31.0 Å². The van der Waals surface area contributed by atoms with Crippen molar-refractivity contribution in [1.29, 1.82) is 0 Å². The van der Waals surface area contributed by atoms with Crippen molar-refractivity contribution in [1.82, 2.24) is 10.2 Å². The largest absolute Gasteiger partial charge is 0.325 e. The number of nitrogens with zero attached hydrogens (tertiary/aromatic N) is 1. The minimum Gasteiger partial charge on any atom is -0.325 e. The van der Waals surface area contributed by atoms with Crippen LogP contribution in [-0.2, 0) is 4.79 Å². The first-order chi connectivity index (χ1) is 8.44. The lowest BCUT2D eigenvalue weighted by molar-refractivity contribution is -0.131. The van der Waals surface area contributed by atoms with Gasteiger partial charge in [0.15, 0.2) is 0 Å². The Kier molecular flexibility index (Phi) is 4.00. The van der Waals surface area contributed by atoms with Crippen molar-refractivity contribution in [3.63, 3.8) is 0 Å². The van der Waals surface area contributed by atoms with Crippen LogP contribution in [0.25, 0.3) is 0 Å². The van der Waals surface area contributed by atoms with Gasteiger partial charge in [0.2, 0.25) is 5.91 Å². The summed E-state index contributed by atoms with van der Waals surface area (Å²) in [7, 11) is 0. The molecule has 104 valence electrons. The Hall–Kier alpha value is -0.570. The first-order valence-electron chi connectivity index (χ1n) is 7.51. The molecule has 0 aromatic heterocycles. The smallest absolute Gasteiger partial charge is 0.240 e. The molecule has 1 saturated carbocycles. The van der Waals surface area contributed by atoms with Crippen molar-refractivity contribution < 1.29 is 4.79 Å². The summed E-state index contributed by atoms with van der Waals surface area (Å²) in [4.78, 5) is 14.5. The van der Waals surface area contributed by atoms with E-state index in [-0.39, 0.29) is 11.5 Å². The summed E-state index contributed by atoms with van der Waals surface area (Å²) in [6, 6.07) is 0.00301. The maximum Gasteiger partial charge on any atom is 0.240 e. The third-order valence-electron chi connectivity index (χ3n) is 4.81. The standard InChI is InChI=1S/C15H28N2O/c1-5-15(3,4)10-17-13(12-8-6-7-9-12)16-11(2)14(17)18/h11-13,16H,5-10H2,1-4H3. The molecule has 2 fully saturated rings. The zero-order valence-electron chi connectivity index (χ0n) is 12.3. The van der Waals surface area contributed by atoms with E-state index in [1.54, 1.807) is 0 Å². The lowest BCUT2D eigenvalue weighted by atomic mass is 9.89. The Labute approximate surface area is 111 Å². The second kappa shape index (κ2) is 5.20. The van der Waals surface area contributed by atoms with E-state index in [0.717, 1.165) is 13.0 Å². The van der Waals surface area contributed by atoms with Crippen LogP contribution in [0.2, 0.25) is 0 Å². The average Bonchev–Trinajstić information content (AvgIpc) is 2.93. The van der Waals surface area contributed by atoms with Crippen LogP contribution in [0.4, 0.5) is 0 Å². The fourth-order valence-electron chi connectivity index (χ4n) is 3.22. The molecule has 3 heteroatoms. The zero-order chi connectivity index (χ0) is 13.3. The first kappa shape index (κ1) is 13.9. The highest BCUT2D eigenvalue weighted by atomic mass is 16.2. The predicted molar refractivity (Wildman–Crippen MR) is 74.1 cm³/mol. The summed E-state index contributed by atoms with van der Waals surface area (Å²) in [5.41, 5.74) is 0.220. The van der Waals surface area contributed by atoms with Gasteiger partial charge in [-0.3, -0.25) is 10.1 Å². The average molecular weight is 252 g/mol. The Balaban J connectivity index is 2.10. The Bertz CT molecular complexity index is 308. The lowest BCUT2D eigenvalue weighted by Gasteiger charge is -2.35. The molecule has 1 aliphatic carbocycles. The Morgan fingerprint density at radius 2 is 1.94 bits per heavy atom. The molecular weight excluding hydrogens is 224 g/mol. The molecule has 1 amide bonds. The summed E-state index contributed by atoms with van der Waals surface area (Å²) in [5.74, 6) is 0.972. The van der Waals surface area contributed by atoms with Crippen molar-refractivity contribution in [3.8, 4) is 0 Å². The Morgan fingerprint density at radius 3 is 2.50 bits per heavy atom. The maximum atomic E-state index is 12.3. The summed E-state index contributed by atoms with van der Waals surface area (Å²) in [6.45, 7) is 9.62. The second-order valence-electron chi connectivity index (χ2n) is 6.86. The molecule has 0 spiro atoms. The first-order valence-corrected chi connectivity index (χ1v) is 7.51. The molecule has 0 bridgehead atoms. The fraction of sp³-hybridized carbons (Fsp3) is 0.933. The summed E-state index contributed by atoms with van der Waals surface area (Å²) >= 11 is 0. The number of carbonyl (C=O) groups is 1. The Morgan fingerprint density at radius 1 is 1.33 bits per heavy atom. The van der Waals surface area contributed by atoms with Gasteiger partial charge in [-0.15, -0.1) is 0 Å². The van der Waals surface area contributed by atoms with E-state index in [1.165, 1.54) is 25.7 Å². The van der Waals surface area contributed by atoms with Crippen LogP contribution in [0.5, 0.6) is 0 Å². The van der Waals surface area contributed by atoms with E-state index in [0.29, 0.717) is 18.0 Å². The fourth-order valence-corrected chi connectivity index (χ4v) is 3.22. The summed E-state index contributed by atoms with van der Waals surface area (Å²) < 4.78 is 0. The highest BCUT2D eigenvalue weighted by molar-refractivity contribution is 5.84. The van der Waals surface area contributed by atoms with Crippen molar-refractivity contribution in [2.75, 3.05) is 6.54 Å². The van der Waals surface area contributed by atoms with Crippen LogP contribution in [0, 0.1) is 11.3 Å². The van der Waals surface area contributed by atoms with E-state index in [9.17, 15) is 4.79 Å². The summed E-state index contributed by atoms with van der Waals surface area (Å²) in [6.07, 6.45) is 6.62. The van der Waals surface area contributed by atoms with Gasteiger partial charge in [-0.2, -0.15) is 0 Å². The van der Waals surface area contributed by atoms with Crippen molar-refractivity contribution >= 4 is 5.91 Å². The summed E-state index contributed by atoms with van der Waals surface area (Å²) in [5, 5.41) is 3.52. The molecule has 1 saturated heterocycles. The van der Waals surface area contributed by atoms with Crippen LogP contribution >= 0.6 is 0 Å². The molecule has 2 aliphatic rings. The van der Waals surface area contributed by atoms with Gasteiger partial charge in [0.05, 0.1) is 12.2 Å². The van der Waals surface area contributed by atoms with Crippen molar-refractivity contribution in [3.05, 3.63) is 0 Å². The van der Waals surface area contributed by atoms with Gasteiger partial charge in [-0.05, 0) is 37.5 Å². The zero-order valence-corrected chi connectivity index (χ0v) is 12.3. The van der Waals surface area contributed by atoms with Gasteiger partial charge in [0.25, 0.3) is 0 Å². The molecular formula is C15H28N2O. The number of nitrogens with one attached hydrogen (secondary N) is 1. The van der Waals surface area contributed by atoms with Gasteiger partial charge < -0.3 is 4.90 Å². The van der Waals surface area contributed by atoms with E-state index >= 15 is 0 Å². The topological polar surface area (TPSA) is 32.3 Å². The van der Waals surface area contributed by atoms with E-state index in [1.807, 2.05) is 6.92 Å². The van der Waals surface area contributed by atoms with E-state index in [4.69, 9.17) is 0 Å². The van der Waals surface area contributed by atoms with Gasteiger partial charge in [-0.1, -0.05) is 33.6 Å². The minimum atomic E-state index is 0.00301. The minimum absolute atomic E-state index is 0.00301. The number of rotatable bonds is 4. The predicted octanol–water partition coefficient (Wildman–Crippen LogP) is 2.76. The highest BCUT2D eigenvalue weighted by Crippen LogP contribution is 2.34. The van der Waals surface area contributed by atoms with Gasteiger partial charge in [-0.25, -0.2) is 0 Å². The molecule has 0 aromatic rings. The van der Waals surface area contributed by atoms with Crippen molar-refractivity contribution in [2.45, 2.75) is 72.0 Å². The highest BCUT2D eigenvalue weighted by Gasteiger charge is 2.42. The normalized spacial score (nSPS) is 30.4. The monoisotopic (exact) mass is 252 g/mol. The van der Waals surface area contributed by atoms with Crippen molar-refractivity contribution in [2.24, 2.45) is 11.3 Å². The number of amides is 1. The molecule has 0 aromatic carbocycles. The molecule has 1 heterocycles. The van der Waals surface area contributed by atoms with Crippen LogP contribution < -0.4 is 5.32 Å². The molecule has 3 nitrogen and oxygen atoms in total. The second-order valence-corrected chi connectivity index (χ2v) is 6.86. The van der Waals surface area contributed by atoms with E-state index < -0.39 is 0 Å². The molecule has 1 aliphatic heterocycles. The van der Waals surface area contributed by atoms with Crippen LogP contribution in [0.1, 0.15) is 59.8 Å². The third kappa shape index (κ3) is 2.71. The molecule has 1 N–H and O–H groups in total. The quantitative estimate of drug-likeness (QED) is 0.834. The van der Waals surface area contributed by atoms with Gasteiger partial charge >= 0.3 is 0 Å². The lowest BCUT2D eigenvalue weighted by Crippen LogP contribution is -2.46. The molecule has 18 heavy (non-hydrogen) atoms. The number of carbonyl (C=O) groups excluding carboxylic acids is 1. The molecule has 2 unspecified atom stereocenters. The van der Waals surface area contributed by atoms with Gasteiger partial charge in [0.1, 0.15) is 0 Å². The SMILES string of the molecule is CCC(C)(C)CN1C(=O)C(C)NC1C1CCCC1. The number of hydrogen-bond donors (Lipinski definition) is 1. The molecule has 2 atom stereocenters.